The SMILES string of the molecule is O=C(c1cc(Cl)nc(Cl)c1)C1CCOCC1. The minimum atomic E-state index is 0.0169. The van der Waals surface area contributed by atoms with Gasteiger partial charge in [0.1, 0.15) is 10.3 Å². The molecule has 0 aromatic carbocycles. The van der Waals surface area contributed by atoms with Crippen LogP contribution in [-0.4, -0.2) is 24.0 Å². The fraction of sp³-hybridized carbons (Fsp3) is 0.455. The number of halogens is 2. The fourth-order valence-electron chi connectivity index (χ4n) is 1.80. The van der Waals surface area contributed by atoms with Crippen molar-refractivity contribution in [1.82, 2.24) is 4.98 Å². The second-order valence-corrected chi connectivity index (χ2v) is 4.53. The number of ether oxygens (including phenoxy) is 1. The Labute approximate surface area is 104 Å². The Hall–Kier alpha value is -0.640. The number of nitrogens with zero attached hydrogens (tertiary/aromatic N) is 1. The van der Waals surface area contributed by atoms with E-state index < -0.39 is 0 Å². The van der Waals surface area contributed by atoms with Crippen LogP contribution >= 0.6 is 23.2 Å². The van der Waals surface area contributed by atoms with E-state index >= 15 is 0 Å². The maximum Gasteiger partial charge on any atom is 0.166 e. The molecule has 0 N–H and O–H groups in total. The lowest BCUT2D eigenvalue weighted by molar-refractivity contribution is 0.0545. The minimum Gasteiger partial charge on any atom is -0.381 e. The Kier molecular flexibility index (Phi) is 3.79. The summed E-state index contributed by atoms with van der Waals surface area (Å²) >= 11 is 11.5. The summed E-state index contributed by atoms with van der Waals surface area (Å²) in [5.74, 6) is 0.0952. The van der Waals surface area contributed by atoms with Gasteiger partial charge in [-0.3, -0.25) is 4.79 Å². The predicted octanol–water partition coefficient (Wildman–Crippen LogP) is 3.00. The summed E-state index contributed by atoms with van der Waals surface area (Å²) in [4.78, 5) is 15.9. The summed E-state index contributed by atoms with van der Waals surface area (Å²) in [5, 5.41) is 0.505. The first-order valence-electron chi connectivity index (χ1n) is 5.12. The summed E-state index contributed by atoms with van der Waals surface area (Å²) in [5.41, 5.74) is 0.539. The van der Waals surface area contributed by atoms with Crippen molar-refractivity contribution in [3.8, 4) is 0 Å². The van der Waals surface area contributed by atoms with Gasteiger partial charge in [-0.2, -0.15) is 0 Å². The van der Waals surface area contributed by atoms with E-state index in [4.69, 9.17) is 27.9 Å². The van der Waals surface area contributed by atoms with Crippen LogP contribution in [0.5, 0.6) is 0 Å². The Morgan fingerprint density at radius 2 is 1.81 bits per heavy atom. The molecule has 0 saturated carbocycles. The van der Waals surface area contributed by atoms with Gasteiger partial charge in [0.05, 0.1) is 0 Å². The summed E-state index contributed by atoms with van der Waals surface area (Å²) < 4.78 is 5.22. The van der Waals surface area contributed by atoms with E-state index in [1.165, 1.54) is 0 Å². The molecule has 86 valence electrons. The third kappa shape index (κ3) is 2.73. The molecular formula is C11H11Cl2NO2. The molecule has 16 heavy (non-hydrogen) atoms. The van der Waals surface area contributed by atoms with Crippen LogP contribution in [0.15, 0.2) is 12.1 Å². The van der Waals surface area contributed by atoms with Crippen LogP contribution in [0.25, 0.3) is 0 Å². The highest BCUT2D eigenvalue weighted by molar-refractivity contribution is 6.33. The van der Waals surface area contributed by atoms with Gasteiger partial charge in [-0.1, -0.05) is 23.2 Å². The van der Waals surface area contributed by atoms with Crippen molar-refractivity contribution in [2.75, 3.05) is 13.2 Å². The monoisotopic (exact) mass is 259 g/mol. The van der Waals surface area contributed by atoms with E-state index in [2.05, 4.69) is 4.98 Å². The molecular weight excluding hydrogens is 249 g/mol. The van der Waals surface area contributed by atoms with Crippen molar-refractivity contribution in [3.05, 3.63) is 28.0 Å². The molecule has 1 aliphatic rings. The van der Waals surface area contributed by atoms with E-state index in [0.29, 0.717) is 18.8 Å². The maximum absolute atomic E-state index is 12.1. The zero-order valence-corrected chi connectivity index (χ0v) is 10.1. The van der Waals surface area contributed by atoms with Gasteiger partial charge >= 0.3 is 0 Å². The summed E-state index contributed by atoms with van der Waals surface area (Å²) in [6.45, 7) is 1.28. The molecule has 3 nitrogen and oxygen atoms in total. The summed E-state index contributed by atoms with van der Waals surface area (Å²) in [7, 11) is 0. The summed E-state index contributed by atoms with van der Waals surface area (Å²) in [6, 6.07) is 3.12. The van der Waals surface area contributed by atoms with Gasteiger partial charge in [-0.25, -0.2) is 4.98 Å². The number of hydrogen-bond acceptors (Lipinski definition) is 3. The second-order valence-electron chi connectivity index (χ2n) is 3.75. The van der Waals surface area contributed by atoms with Gasteiger partial charge in [0.25, 0.3) is 0 Å². The molecule has 1 aliphatic heterocycles. The molecule has 1 aromatic heterocycles. The van der Waals surface area contributed by atoms with E-state index in [1.807, 2.05) is 0 Å². The predicted molar refractivity (Wildman–Crippen MR) is 62.1 cm³/mol. The Bertz CT molecular complexity index is 383. The quantitative estimate of drug-likeness (QED) is 0.606. The molecule has 0 radical (unpaired) electrons. The molecule has 0 unspecified atom stereocenters. The Morgan fingerprint density at radius 3 is 2.38 bits per heavy atom. The molecule has 0 amide bonds. The number of hydrogen-bond donors (Lipinski definition) is 0. The number of aromatic nitrogens is 1. The first kappa shape index (κ1) is 11.8. The zero-order valence-electron chi connectivity index (χ0n) is 8.58. The lowest BCUT2D eigenvalue weighted by Crippen LogP contribution is -2.23. The molecule has 0 bridgehead atoms. The first-order chi connectivity index (χ1) is 7.66. The summed E-state index contributed by atoms with van der Waals surface area (Å²) in [6.07, 6.45) is 1.52. The normalized spacial score (nSPS) is 17.4. The van der Waals surface area contributed by atoms with Crippen molar-refractivity contribution in [2.24, 2.45) is 5.92 Å². The highest BCUT2D eigenvalue weighted by Crippen LogP contribution is 2.23. The highest BCUT2D eigenvalue weighted by atomic mass is 35.5. The largest absolute Gasteiger partial charge is 0.381 e. The highest BCUT2D eigenvalue weighted by Gasteiger charge is 2.23. The van der Waals surface area contributed by atoms with Crippen molar-refractivity contribution >= 4 is 29.0 Å². The number of carbonyl (C=O) groups excluding carboxylic acids is 1. The van der Waals surface area contributed by atoms with Crippen molar-refractivity contribution in [2.45, 2.75) is 12.8 Å². The first-order valence-corrected chi connectivity index (χ1v) is 5.87. The van der Waals surface area contributed by atoms with Gasteiger partial charge in [-0.05, 0) is 25.0 Å². The topological polar surface area (TPSA) is 39.2 Å². The van der Waals surface area contributed by atoms with Crippen molar-refractivity contribution in [3.63, 3.8) is 0 Å². The van der Waals surface area contributed by atoms with Gasteiger partial charge in [-0.15, -0.1) is 0 Å². The van der Waals surface area contributed by atoms with Crippen LogP contribution in [-0.2, 0) is 4.74 Å². The van der Waals surface area contributed by atoms with Crippen LogP contribution in [0.4, 0.5) is 0 Å². The van der Waals surface area contributed by atoms with E-state index in [-0.39, 0.29) is 22.0 Å². The molecule has 0 aliphatic carbocycles. The standard InChI is InChI=1S/C11H11Cl2NO2/c12-9-5-8(6-10(13)14-9)11(15)7-1-3-16-4-2-7/h5-7H,1-4H2. The average Bonchev–Trinajstić information content (AvgIpc) is 2.28. The zero-order chi connectivity index (χ0) is 11.5. The fourth-order valence-corrected chi connectivity index (χ4v) is 2.26. The number of Topliss-reactive ketones (excluding diaryl/α,β-unsaturated/α-hetero) is 1. The van der Waals surface area contributed by atoms with Crippen LogP contribution in [0, 0.1) is 5.92 Å². The van der Waals surface area contributed by atoms with E-state index in [9.17, 15) is 4.79 Å². The Balaban J connectivity index is 2.19. The third-order valence-electron chi connectivity index (χ3n) is 2.64. The van der Waals surface area contributed by atoms with Gasteiger partial charge < -0.3 is 4.74 Å². The molecule has 1 aromatic rings. The number of pyridine rings is 1. The van der Waals surface area contributed by atoms with E-state index in [0.717, 1.165) is 12.8 Å². The van der Waals surface area contributed by atoms with E-state index in [1.54, 1.807) is 12.1 Å². The molecule has 0 spiro atoms. The number of carbonyl (C=O) groups is 1. The molecule has 0 atom stereocenters. The number of rotatable bonds is 2. The van der Waals surface area contributed by atoms with Crippen molar-refractivity contribution in [1.29, 1.82) is 0 Å². The lowest BCUT2D eigenvalue weighted by Gasteiger charge is -2.20. The molecule has 1 fully saturated rings. The van der Waals surface area contributed by atoms with Crippen LogP contribution in [0.3, 0.4) is 0 Å². The Morgan fingerprint density at radius 1 is 1.25 bits per heavy atom. The van der Waals surface area contributed by atoms with Gasteiger partial charge in [0.2, 0.25) is 0 Å². The van der Waals surface area contributed by atoms with Crippen LogP contribution in [0.1, 0.15) is 23.2 Å². The molecule has 2 heterocycles. The molecule has 2 rings (SSSR count). The van der Waals surface area contributed by atoms with Crippen LogP contribution < -0.4 is 0 Å². The maximum atomic E-state index is 12.1. The second kappa shape index (κ2) is 5.13. The van der Waals surface area contributed by atoms with Crippen LogP contribution in [0.2, 0.25) is 10.3 Å². The average molecular weight is 260 g/mol. The molecule has 1 saturated heterocycles. The molecule has 5 heteroatoms. The number of ketones is 1. The smallest absolute Gasteiger partial charge is 0.166 e. The minimum absolute atomic E-state index is 0.0169. The third-order valence-corrected chi connectivity index (χ3v) is 3.03. The van der Waals surface area contributed by atoms with Gasteiger partial charge in [0, 0.05) is 24.7 Å². The lowest BCUT2D eigenvalue weighted by atomic mass is 9.91. The van der Waals surface area contributed by atoms with Gasteiger partial charge in [0.15, 0.2) is 5.78 Å². The van der Waals surface area contributed by atoms with Crippen molar-refractivity contribution < 1.29 is 9.53 Å².